The first-order chi connectivity index (χ1) is 7.68. The van der Waals surface area contributed by atoms with Gasteiger partial charge in [-0.25, -0.2) is 9.78 Å². The summed E-state index contributed by atoms with van der Waals surface area (Å²) in [6.07, 6.45) is 1.30. The van der Waals surface area contributed by atoms with Crippen molar-refractivity contribution in [3.63, 3.8) is 0 Å². The normalized spacial score (nSPS) is 19.2. The molecule has 1 aromatic heterocycles. The number of nitrogens with zero attached hydrogens (tertiary/aromatic N) is 1. The largest absolute Gasteiger partial charge is 0.477 e. The summed E-state index contributed by atoms with van der Waals surface area (Å²) in [7, 11) is 0. The molecule has 1 unspecified atom stereocenters. The Hall–Kier alpha value is -2.11. The van der Waals surface area contributed by atoms with Gasteiger partial charge in [-0.2, -0.15) is 0 Å². The van der Waals surface area contributed by atoms with Crippen molar-refractivity contribution in [3.05, 3.63) is 23.9 Å². The predicted octanol–water partition coefficient (Wildman–Crippen LogP) is 0.0471. The summed E-state index contributed by atoms with van der Waals surface area (Å²) in [5.74, 6) is -1.37. The van der Waals surface area contributed by atoms with Gasteiger partial charge < -0.3 is 15.2 Å². The number of rotatable bonds is 3. The van der Waals surface area contributed by atoms with Crippen LogP contribution in [-0.4, -0.2) is 34.6 Å². The average Bonchev–Trinajstić information content (AvgIpc) is 2.65. The van der Waals surface area contributed by atoms with Gasteiger partial charge in [-0.15, -0.1) is 0 Å². The van der Waals surface area contributed by atoms with Crippen molar-refractivity contribution in [2.75, 3.05) is 6.54 Å². The Morgan fingerprint density at radius 2 is 2.44 bits per heavy atom. The number of hydrogen-bond donors (Lipinski definition) is 2. The van der Waals surface area contributed by atoms with E-state index in [-0.39, 0.29) is 17.4 Å². The molecule has 1 atom stereocenters. The maximum Gasteiger partial charge on any atom is 0.341 e. The van der Waals surface area contributed by atoms with Crippen LogP contribution in [0.15, 0.2) is 18.3 Å². The third-order valence-corrected chi connectivity index (χ3v) is 2.25. The summed E-state index contributed by atoms with van der Waals surface area (Å²) in [4.78, 5) is 25.9. The number of carbonyl (C=O) groups excluding carboxylic acids is 1. The molecule has 1 aromatic rings. The molecule has 0 aromatic carbocycles. The van der Waals surface area contributed by atoms with Crippen molar-refractivity contribution >= 4 is 11.9 Å². The highest BCUT2D eigenvalue weighted by molar-refractivity contribution is 5.90. The van der Waals surface area contributed by atoms with Gasteiger partial charge >= 0.3 is 5.97 Å². The summed E-state index contributed by atoms with van der Waals surface area (Å²) in [6.45, 7) is 0.540. The van der Waals surface area contributed by atoms with Gasteiger partial charge in [0.25, 0.3) is 5.91 Å². The zero-order chi connectivity index (χ0) is 11.5. The van der Waals surface area contributed by atoms with Gasteiger partial charge in [0.15, 0.2) is 6.10 Å². The molecule has 0 saturated carbocycles. The standard InChI is InChI=1S/C10H10N2O4/c13-8-7(3-5-11-8)16-9-6(10(14)15)2-1-4-12-9/h1-2,4,7H,3,5H2,(H,11,13)(H,14,15). The number of nitrogens with one attached hydrogen (secondary N) is 1. The van der Waals surface area contributed by atoms with E-state index in [1.54, 1.807) is 0 Å². The Bertz CT molecular complexity index is 433. The summed E-state index contributed by atoms with van der Waals surface area (Å²) in [5, 5.41) is 11.5. The number of carboxylic acids is 1. The number of aromatic carboxylic acids is 1. The van der Waals surface area contributed by atoms with E-state index in [2.05, 4.69) is 10.3 Å². The van der Waals surface area contributed by atoms with Gasteiger partial charge in [-0.05, 0) is 12.1 Å². The Balaban J connectivity index is 2.20. The molecule has 2 heterocycles. The lowest BCUT2D eigenvalue weighted by Gasteiger charge is -2.11. The van der Waals surface area contributed by atoms with Crippen LogP contribution in [0, 0.1) is 0 Å². The van der Waals surface area contributed by atoms with Crippen molar-refractivity contribution in [3.8, 4) is 5.88 Å². The molecule has 16 heavy (non-hydrogen) atoms. The van der Waals surface area contributed by atoms with Gasteiger partial charge in [-0.3, -0.25) is 4.79 Å². The van der Waals surface area contributed by atoms with Crippen LogP contribution in [0.25, 0.3) is 0 Å². The molecular weight excluding hydrogens is 212 g/mol. The summed E-state index contributed by atoms with van der Waals surface area (Å²) < 4.78 is 5.28. The fourth-order valence-corrected chi connectivity index (χ4v) is 1.47. The maximum atomic E-state index is 11.2. The highest BCUT2D eigenvalue weighted by atomic mass is 16.5. The molecule has 6 nitrogen and oxygen atoms in total. The number of carboxylic acid groups (broad SMARTS) is 1. The van der Waals surface area contributed by atoms with Gasteiger partial charge in [0, 0.05) is 19.2 Å². The molecule has 1 aliphatic heterocycles. The molecule has 0 spiro atoms. The second-order valence-electron chi connectivity index (χ2n) is 3.35. The smallest absolute Gasteiger partial charge is 0.341 e. The van der Waals surface area contributed by atoms with Crippen molar-refractivity contribution in [1.82, 2.24) is 10.3 Å². The molecule has 1 amide bonds. The minimum atomic E-state index is -1.12. The topological polar surface area (TPSA) is 88.5 Å². The Kier molecular flexibility index (Phi) is 2.72. The van der Waals surface area contributed by atoms with Crippen LogP contribution in [0.4, 0.5) is 0 Å². The average molecular weight is 222 g/mol. The van der Waals surface area contributed by atoms with Crippen molar-refractivity contribution in [2.24, 2.45) is 0 Å². The summed E-state index contributed by atoms with van der Waals surface area (Å²) in [5.41, 5.74) is -0.0396. The second-order valence-corrected chi connectivity index (χ2v) is 3.35. The van der Waals surface area contributed by atoms with Crippen LogP contribution >= 0.6 is 0 Å². The number of amides is 1. The van der Waals surface area contributed by atoms with Crippen molar-refractivity contribution in [1.29, 1.82) is 0 Å². The van der Waals surface area contributed by atoms with Crippen LogP contribution < -0.4 is 10.1 Å². The van der Waals surface area contributed by atoms with Crippen LogP contribution in [0.2, 0.25) is 0 Å². The molecule has 2 N–H and O–H groups in total. The molecule has 1 fully saturated rings. The van der Waals surface area contributed by atoms with E-state index in [4.69, 9.17) is 9.84 Å². The lowest BCUT2D eigenvalue weighted by Crippen LogP contribution is -2.28. The van der Waals surface area contributed by atoms with Crippen LogP contribution in [0.3, 0.4) is 0 Å². The molecule has 0 aliphatic carbocycles. The lowest BCUT2D eigenvalue weighted by atomic mass is 10.2. The van der Waals surface area contributed by atoms with E-state index in [9.17, 15) is 9.59 Å². The molecule has 84 valence electrons. The molecule has 6 heteroatoms. The molecular formula is C10H10N2O4. The third-order valence-electron chi connectivity index (χ3n) is 2.25. The molecule has 2 rings (SSSR count). The lowest BCUT2D eigenvalue weighted by molar-refractivity contribution is -0.125. The highest BCUT2D eigenvalue weighted by Gasteiger charge is 2.27. The van der Waals surface area contributed by atoms with Gasteiger partial charge in [0.05, 0.1) is 0 Å². The third kappa shape index (κ3) is 1.95. The Morgan fingerprint density at radius 3 is 3.06 bits per heavy atom. The molecule has 0 bridgehead atoms. The SMILES string of the molecule is O=C(O)c1cccnc1OC1CCNC1=O. The fourth-order valence-electron chi connectivity index (χ4n) is 1.47. The zero-order valence-electron chi connectivity index (χ0n) is 8.34. The molecule has 1 saturated heterocycles. The summed E-state index contributed by atoms with van der Waals surface area (Å²) >= 11 is 0. The van der Waals surface area contributed by atoms with Crippen molar-refractivity contribution in [2.45, 2.75) is 12.5 Å². The number of pyridine rings is 1. The first-order valence-electron chi connectivity index (χ1n) is 4.81. The van der Waals surface area contributed by atoms with Gasteiger partial charge in [0.1, 0.15) is 5.56 Å². The summed E-state index contributed by atoms with van der Waals surface area (Å²) in [6, 6.07) is 2.89. The van der Waals surface area contributed by atoms with Gasteiger partial charge in [0.2, 0.25) is 5.88 Å². The zero-order valence-corrected chi connectivity index (χ0v) is 8.34. The van der Waals surface area contributed by atoms with Gasteiger partial charge in [-0.1, -0.05) is 0 Å². The molecule has 1 aliphatic rings. The fraction of sp³-hybridized carbons (Fsp3) is 0.300. The Labute approximate surface area is 91.3 Å². The second kappa shape index (κ2) is 4.18. The Morgan fingerprint density at radius 1 is 1.62 bits per heavy atom. The number of ether oxygens (including phenoxy) is 1. The highest BCUT2D eigenvalue weighted by Crippen LogP contribution is 2.18. The number of aromatic nitrogens is 1. The maximum absolute atomic E-state index is 11.2. The number of hydrogen-bond acceptors (Lipinski definition) is 4. The van der Waals surface area contributed by atoms with Crippen LogP contribution in [0.5, 0.6) is 5.88 Å². The quantitative estimate of drug-likeness (QED) is 0.754. The van der Waals surface area contributed by atoms with Crippen molar-refractivity contribution < 1.29 is 19.4 Å². The van der Waals surface area contributed by atoms with E-state index >= 15 is 0 Å². The minimum Gasteiger partial charge on any atom is -0.477 e. The first kappa shape index (κ1) is 10.4. The monoisotopic (exact) mass is 222 g/mol. The van der Waals surface area contributed by atoms with E-state index in [1.165, 1.54) is 18.3 Å². The minimum absolute atomic E-state index is 0.0166. The first-order valence-corrected chi connectivity index (χ1v) is 4.81. The van der Waals surface area contributed by atoms with Crippen LogP contribution in [0.1, 0.15) is 16.8 Å². The van der Waals surface area contributed by atoms with E-state index in [1.807, 2.05) is 0 Å². The van der Waals surface area contributed by atoms with Crippen LogP contribution in [-0.2, 0) is 4.79 Å². The predicted molar refractivity (Wildman–Crippen MR) is 53.2 cm³/mol. The van der Waals surface area contributed by atoms with E-state index in [0.717, 1.165) is 0 Å². The van der Waals surface area contributed by atoms with E-state index < -0.39 is 12.1 Å². The van der Waals surface area contributed by atoms with E-state index in [0.29, 0.717) is 13.0 Å². The molecule has 0 radical (unpaired) electrons. The number of carbonyl (C=O) groups is 2.